The fourth-order valence-electron chi connectivity index (χ4n) is 3.87. The van der Waals surface area contributed by atoms with Crippen molar-refractivity contribution in [2.45, 2.75) is 38.8 Å². The van der Waals surface area contributed by atoms with Gasteiger partial charge in [0.25, 0.3) is 5.91 Å². The van der Waals surface area contributed by atoms with E-state index in [9.17, 15) is 9.59 Å². The molecular weight excluding hydrogens is 342 g/mol. The van der Waals surface area contributed by atoms with E-state index < -0.39 is 0 Å². The first-order valence-corrected chi connectivity index (χ1v) is 10.0. The van der Waals surface area contributed by atoms with Gasteiger partial charge >= 0.3 is 0 Å². The van der Waals surface area contributed by atoms with E-state index in [1.807, 2.05) is 35.2 Å². The zero-order valence-electron chi connectivity index (χ0n) is 16.4. The summed E-state index contributed by atoms with van der Waals surface area (Å²) in [6.45, 7) is 8.88. The smallest absolute Gasteiger partial charge is 0.253 e. The Morgan fingerprint density at radius 2 is 1.67 bits per heavy atom. The van der Waals surface area contributed by atoms with Crippen LogP contribution in [-0.4, -0.2) is 73.1 Å². The molecule has 27 heavy (non-hydrogen) atoms. The van der Waals surface area contributed by atoms with Gasteiger partial charge in [0.2, 0.25) is 5.91 Å². The lowest BCUT2D eigenvalue weighted by molar-refractivity contribution is -0.127. The van der Waals surface area contributed by atoms with E-state index in [2.05, 4.69) is 24.1 Å². The number of likely N-dealkylation sites (tertiary alicyclic amines) is 1. The second-order valence-corrected chi connectivity index (χ2v) is 7.62. The van der Waals surface area contributed by atoms with Gasteiger partial charge in [-0.3, -0.25) is 14.5 Å². The first-order valence-electron chi connectivity index (χ1n) is 10.0. The minimum atomic E-state index is -0.0100. The number of morpholine rings is 1. The number of nitrogens with zero attached hydrogens (tertiary/aromatic N) is 2. The molecule has 2 atom stereocenters. The normalized spacial score (nSPS) is 21.5. The Hall–Kier alpha value is -1.92. The number of ether oxygens (including phenoxy) is 1. The zero-order chi connectivity index (χ0) is 19.2. The number of carbonyl (C=O) groups excluding carboxylic acids is 2. The molecule has 148 valence electrons. The van der Waals surface area contributed by atoms with Gasteiger partial charge in [-0.2, -0.15) is 0 Å². The molecule has 0 aliphatic carbocycles. The van der Waals surface area contributed by atoms with Crippen molar-refractivity contribution in [2.75, 3.05) is 39.4 Å². The van der Waals surface area contributed by atoms with E-state index in [1.165, 1.54) is 0 Å². The summed E-state index contributed by atoms with van der Waals surface area (Å²) in [6, 6.07) is 9.74. The number of rotatable bonds is 5. The Bertz CT molecular complexity index is 623. The highest BCUT2D eigenvalue weighted by atomic mass is 16.5. The molecule has 3 rings (SSSR count). The van der Waals surface area contributed by atoms with Crippen LogP contribution in [0.2, 0.25) is 0 Å². The number of hydrogen-bond donors (Lipinski definition) is 1. The second kappa shape index (κ2) is 9.33. The number of benzene rings is 1. The van der Waals surface area contributed by atoms with Crippen LogP contribution in [0.4, 0.5) is 0 Å². The van der Waals surface area contributed by atoms with Gasteiger partial charge in [-0.1, -0.05) is 18.2 Å². The van der Waals surface area contributed by atoms with Gasteiger partial charge in [-0.05, 0) is 38.8 Å². The maximum absolute atomic E-state index is 12.7. The molecule has 2 aliphatic heterocycles. The van der Waals surface area contributed by atoms with Gasteiger partial charge in [-0.15, -0.1) is 0 Å². The second-order valence-electron chi connectivity index (χ2n) is 7.62. The molecule has 2 fully saturated rings. The largest absolute Gasteiger partial charge is 0.379 e. The summed E-state index contributed by atoms with van der Waals surface area (Å²) in [7, 11) is 0. The Labute approximate surface area is 161 Å². The third kappa shape index (κ3) is 5.08. The van der Waals surface area contributed by atoms with E-state index in [0.717, 1.165) is 39.1 Å². The maximum atomic E-state index is 12.7. The lowest BCUT2D eigenvalue weighted by Crippen LogP contribution is -2.53. The highest BCUT2D eigenvalue weighted by Crippen LogP contribution is 2.20. The molecule has 0 saturated carbocycles. The van der Waals surface area contributed by atoms with Crippen LogP contribution in [0, 0.1) is 5.92 Å². The Morgan fingerprint density at radius 1 is 1.04 bits per heavy atom. The quantitative estimate of drug-likeness (QED) is 0.854. The molecule has 2 amide bonds. The topological polar surface area (TPSA) is 61.9 Å². The van der Waals surface area contributed by atoms with Gasteiger partial charge in [0.05, 0.1) is 13.2 Å². The first-order chi connectivity index (χ1) is 13.1. The van der Waals surface area contributed by atoms with Crippen LogP contribution in [0.25, 0.3) is 0 Å². The molecule has 0 bridgehead atoms. The van der Waals surface area contributed by atoms with Crippen LogP contribution >= 0.6 is 0 Å². The fraction of sp³-hybridized carbons (Fsp3) is 0.619. The molecule has 0 radical (unpaired) electrons. The minimum Gasteiger partial charge on any atom is -0.379 e. The average Bonchev–Trinajstić information content (AvgIpc) is 2.74. The lowest BCUT2D eigenvalue weighted by Gasteiger charge is -2.37. The first kappa shape index (κ1) is 19.8. The monoisotopic (exact) mass is 373 g/mol. The van der Waals surface area contributed by atoms with Gasteiger partial charge in [-0.25, -0.2) is 0 Å². The SMILES string of the molecule is CC(NC(=O)C1CCN(C(=O)c2ccccc2)CC1)C(C)N1CCOCC1. The summed E-state index contributed by atoms with van der Waals surface area (Å²) in [4.78, 5) is 29.4. The van der Waals surface area contributed by atoms with E-state index in [4.69, 9.17) is 4.74 Å². The molecule has 6 heteroatoms. The van der Waals surface area contributed by atoms with Crippen molar-refractivity contribution >= 4 is 11.8 Å². The van der Waals surface area contributed by atoms with Gasteiger partial charge in [0, 0.05) is 49.7 Å². The van der Waals surface area contributed by atoms with E-state index in [-0.39, 0.29) is 29.8 Å². The number of piperidine rings is 1. The number of amides is 2. The Balaban J connectivity index is 1.46. The van der Waals surface area contributed by atoms with Crippen LogP contribution < -0.4 is 5.32 Å². The van der Waals surface area contributed by atoms with Crippen LogP contribution in [0.5, 0.6) is 0 Å². The molecular formula is C21H31N3O3. The Kier molecular flexibility index (Phi) is 6.85. The van der Waals surface area contributed by atoms with Crippen LogP contribution in [0.1, 0.15) is 37.0 Å². The number of hydrogen-bond acceptors (Lipinski definition) is 4. The van der Waals surface area contributed by atoms with Crippen LogP contribution in [-0.2, 0) is 9.53 Å². The van der Waals surface area contributed by atoms with Gasteiger partial charge in [0.1, 0.15) is 0 Å². The van der Waals surface area contributed by atoms with E-state index >= 15 is 0 Å². The summed E-state index contributed by atoms with van der Waals surface area (Å²) in [5.41, 5.74) is 0.716. The van der Waals surface area contributed by atoms with Crippen molar-refractivity contribution in [1.82, 2.24) is 15.1 Å². The van der Waals surface area contributed by atoms with E-state index in [1.54, 1.807) is 0 Å². The molecule has 1 aromatic rings. The lowest BCUT2D eigenvalue weighted by atomic mass is 9.94. The maximum Gasteiger partial charge on any atom is 0.253 e. The number of carbonyl (C=O) groups is 2. The predicted octanol–water partition coefficient (Wildman–Crippen LogP) is 1.76. The van der Waals surface area contributed by atoms with Gasteiger partial charge < -0.3 is 15.0 Å². The third-order valence-corrected chi connectivity index (χ3v) is 5.89. The van der Waals surface area contributed by atoms with Gasteiger partial charge in [0.15, 0.2) is 0 Å². The fourth-order valence-corrected chi connectivity index (χ4v) is 3.87. The Morgan fingerprint density at radius 3 is 2.30 bits per heavy atom. The molecule has 2 heterocycles. The van der Waals surface area contributed by atoms with Crippen molar-refractivity contribution < 1.29 is 14.3 Å². The predicted molar refractivity (Wildman–Crippen MR) is 105 cm³/mol. The summed E-state index contributed by atoms with van der Waals surface area (Å²) in [6.07, 6.45) is 1.45. The van der Waals surface area contributed by atoms with Crippen molar-refractivity contribution in [3.63, 3.8) is 0 Å². The average molecular weight is 373 g/mol. The van der Waals surface area contributed by atoms with Crippen LogP contribution in [0.15, 0.2) is 30.3 Å². The third-order valence-electron chi connectivity index (χ3n) is 5.89. The molecule has 2 aliphatic rings. The van der Waals surface area contributed by atoms with Crippen molar-refractivity contribution in [2.24, 2.45) is 5.92 Å². The molecule has 2 unspecified atom stereocenters. The molecule has 6 nitrogen and oxygen atoms in total. The molecule has 2 saturated heterocycles. The molecule has 0 aromatic heterocycles. The summed E-state index contributed by atoms with van der Waals surface area (Å²) >= 11 is 0. The zero-order valence-corrected chi connectivity index (χ0v) is 16.4. The highest BCUT2D eigenvalue weighted by molar-refractivity contribution is 5.94. The van der Waals surface area contributed by atoms with Crippen molar-refractivity contribution in [1.29, 1.82) is 0 Å². The summed E-state index contributed by atoms with van der Waals surface area (Å²) < 4.78 is 5.41. The molecule has 1 N–H and O–H groups in total. The summed E-state index contributed by atoms with van der Waals surface area (Å²) in [5.74, 6) is 0.169. The van der Waals surface area contributed by atoms with Crippen molar-refractivity contribution in [3.8, 4) is 0 Å². The summed E-state index contributed by atoms with van der Waals surface area (Å²) in [5, 5.41) is 3.20. The molecule has 1 aromatic carbocycles. The number of nitrogens with one attached hydrogen (secondary N) is 1. The van der Waals surface area contributed by atoms with E-state index in [0.29, 0.717) is 18.7 Å². The minimum absolute atomic E-state index is 0.0100. The van der Waals surface area contributed by atoms with Crippen molar-refractivity contribution in [3.05, 3.63) is 35.9 Å². The highest BCUT2D eigenvalue weighted by Gasteiger charge is 2.30. The standard InChI is InChI=1S/C21H31N3O3/c1-16(17(2)23-12-14-27-15-13-23)22-20(25)18-8-10-24(11-9-18)21(26)19-6-4-3-5-7-19/h3-7,16-18H,8-15H2,1-2H3,(H,22,25). The molecule has 0 spiro atoms. The van der Waals surface area contributed by atoms with Crippen LogP contribution in [0.3, 0.4) is 0 Å².